The summed E-state index contributed by atoms with van der Waals surface area (Å²) >= 11 is 0. The van der Waals surface area contributed by atoms with Gasteiger partial charge in [0.15, 0.2) is 0 Å². The Morgan fingerprint density at radius 3 is 2.60 bits per heavy atom. The van der Waals surface area contributed by atoms with Crippen molar-refractivity contribution in [1.82, 2.24) is 9.13 Å². The molecule has 1 heterocycles. The Labute approximate surface area is 117 Å². The van der Waals surface area contributed by atoms with Crippen molar-refractivity contribution < 1.29 is 10.2 Å². The molecule has 0 saturated carbocycles. The van der Waals surface area contributed by atoms with E-state index in [9.17, 15) is 14.7 Å². The van der Waals surface area contributed by atoms with Crippen molar-refractivity contribution >= 4 is 0 Å². The van der Waals surface area contributed by atoms with Gasteiger partial charge in [0.1, 0.15) is 0 Å². The first kappa shape index (κ1) is 16.2. The summed E-state index contributed by atoms with van der Waals surface area (Å²) in [7, 11) is 0. The molecule has 0 fully saturated rings. The zero-order chi connectivity index (χ0) is 15.3. The first-order valence-corrected chi connectivity index (χ1v) is 6.45. The van der Waals surface area contributed by atoms with Crippen LogP contribution in [-0.4, -0.2) is 32.1 Å². The third kappa shape index (κ3) is 3.59. The second kappa shape index (κ2) is 7.08. The molecule has 110 valence electrons. The van der Waals surface area contributed by atoms with Crippen LogP contribution < -0.4 is 11.2 Å². The van der Waals surface area contributed by atoms with Crippen LogP contribution >= 0.6 is 0 Å². The molecule has 0 radical (unpaired) electrons. The van der Waals surface area contributed by atoms with Crippen LogP contribution in [0, 0.1) is 25.2 Å². The van der Waals surface area contributed by atoms with Crippen LogP contribution in [0.5, 0.6) is 0 Å². The number of terminal acetylenes is 1. The van der Waals surface area contributed by atoms with Gasteiger partial charge in [0.25, 0.3) is 5.56 Å². The fourth-order valence-electron chi connectivity index (χ4n) is 1.98. The Balaban J connectivity index is 3.06. The van der Waals surface area contributed by atoms with E-state index in [0.29, 0.717) is 18.5 Å². The normalized spacial score (nSPS) is 13.8. The van der Waals surface area contributed by atoms with Gasteiger partial charge in [-0.2, -0.15) is 0 Å². The molecule has 0 spiro atoms. The lowest BCUT2D eigenvalue weighted by atomic mass is 10.0. The van der Waals surface area contributed by atoms with E-state index >= 15 is 0 Å². The van der Waals surface area contributed by atoms with Crippen LogP contribution in [0.1, 0.15) is 18.9 Å². The standard InChI is InChI=1S/C14H20N2O4/c1-4-6-16-13(19)10(2)8-15(14(16)20)7-5-12(9-17)11(3)18/h1,8,11-12,17-18H,5-7,9H2,2-3H3/t11?,12-/m1/s1. The van der Waals surface area contributed by atoms with Crippen molar-refractivity contribution in [3.63, 3.8) is 0 Å². The van der Waals surface area contributed by atoms with Crippen molar-refractivity contribution in [2.45, 2.75) is 39.5 Å². The van der Waals surface area contributed by atoms with Gasteiger partial charge in [-0.1, -0.05) is 5.92 Å². The Morgan fingerprint density at radius 1 is 1.45 bits per heavy atom. The number of aliphatic hydroxyl groups is 2. The molecule has 1 aromatic rings. The summed E-state index contributed by atoms with van der Waals surface area (Å²) in [5, 5.41) is 18.6. The molecule has 0 saturated heterocycles. The maximum absolute atomic E-state index is 12.1. The predicted molar refractivity (Wildman–Crippen MR) is 75.4 cm³/mol. The van der Waals surface area contributed by atoms with Crippen LogP contribution in [-0.2, 0) is 13.1 Å². The van der Waals surface area contributed by atoms with Crippen LogP contribution in [0.4, 0.5) is 0 Å². The molecule has 0 aliphatic rings. The summed E-state index contributed by atoms with van der Waals surface area (Å²) in [4.78, 5) is 23.9. The van der Waals surface area contributed by atoms with E-state index < -0.39 is 17.4 Å². The van der Waals surface area contributed by atoms with E-state index in [2.05, 4.69) is 5.92 Å². The summed E-state index contributed by atoms with van der Waals surface area (Å²) in [6.07, 6.45) is 6.41. The third-order valence-corrected chi connectivity index (χ3v) is 3.32. The van der Waals surface area contributed by atoms with Crippen molar-refractivity contribution in [1.29, 1.82) is 0 Å². The third-order valence-electron chi connectivity index (χ3n) is 3.32. The lowest BCUT2D eigenvalue weighted by molar-refractivity contribution is 0.0728. The smallest absolute Gasteiger partial charge is 0.331 e. The summed E-state index contributed by atoms with van der Waals surface area (Å²) in [6, 6.07) is 0. The van der Waals surface area contributed by atoms with Gasteiger partial charge >= 0.3 is 5.69 Å². The van der Waals surface area contributed by atoms with Crippen LogP contribution in [0.25, 0.3) is 0 Å². The first-order valence-electron chi connectivity index (χ1n) is 6.45. The summed E-state index contributed by atoms with van der Waals surface area (Å²) < 4.78 is 2.39. The number of nitrogens with zero attached hydrogens (tertiary/aromatic N) is 2. The molecular weight excluding hydrogens is 260 g/mol. The van der Waals surface area contributed by atoms with Crippen molar-refractivity contribution in [2.75, 3.05) is 6.61 Å². The highest BCUT2D eigenvalue weighted by atomic mass is 16.3. The average Bonchev–Trinajstić information content (AvgIpc) is 2.40. The SMILES string of the molecule is C#CCn1c(=O)c(C)cn(CC[C@H](CO)C(C)O)c1=O. The number of rotatable bonds is 6. The molecule has 2 N–H and O–H groups in total. The van der Waals surface area contributed by atoms with Gasteiger partial charge in [0, 0.05) is 30.8 Å². The highest BCUT2D eigenvalue weighted by molar-refractivity contribution is 5.04. The van der Waals surface area contributed by atoms with Crippen LogP contribution in [0.3, 0.4) is 0 Å². The lowest BCUT2D eigenvalue weighted by Gasteiger charge is -2.18. The van der Waals surface area contributed by atoms with E-state index in [-0.39, 0.29) is 19.1 Å². The monoisotopic (exact) mass is 280 g/mol. The largest absolute Gasteiger partial charge is 0.396 e. The van der Waals surface area contributed by atoms with E-state index in [1.54, 1.807) is 13.8 Å². The van der Waals surface area contributed by atoms with E-state index in [1.807, 2.05) is 0 Å². The van der Waals surface area contributed by atoms with Gasteiger partial charge in [-0.15, -0.1) is 6.42 Å². The van der Waals surface area contributed by atoms with Crippen LogP contribution in [0.2, 0.25) is 0 Å². The second-order valence-electron chi connectivity index (χ2n) is 4.86. The molecule has 6 heteroatoms. The Kier molecular flexibility index (Phi) is 5.74. The highest BCUT2D eigenvalue weighted by Gasteiger charge is 2.15. The molecule has 0 bridgehead atoms. The molecule has 0 aromatic carbocycles. The summed E-state index contributed by atoms with van der Waals surface area (Å²) in [6.45, 7) is 3.28. The zero-order valence-electron chi connectivity index (χ0n) is 11.7. The molecule has 1 unspecified atom stereocenters. The van der Waals surface area contributed by atoms with Gasteiger partial charge in [-0.3, -0.25) is 4.79 Å². The van der Waals surface area contributed by atoms with Crippen LogP contribution in [0.15, 0.2) is 15.8 Å². The first-order chi connectivity index (χ1) is 9.42. The molecular formula is C14H20N2O4. The summed E-state index contributed by atoms with van der Waals surface area (Å²) in [5.41, 5.74) is -0.434. The quantitative estimate of drug-likeness (QED) is 0.677. The average molecular weight is 280 g/mol. The van der Waals surface area contributed by atoms with Crippen molar-refractivity contribution in [3.05, 3.63) is 32.6 Å². The molecule has 0 amide bonds. The van der Waals surface area contributed by atoms with E-state index in [0.717, 1.165) is 4.57 Å². The highest BCUT2D eigenvalue weighted by Crippen LogP contribution is 2.08. The Morgan fingerprint density at radius 2 is 2.10 bits per heavy atom. The lowest BCUT2D eigenvalue weighted by Crippen LogP contribution is -2.41. The minimum Gasteiger partial charge on any atom is -0.396 e. The van der Waals surface area contributed by atoms with Gasteiger partial charge in [0.2, 0.25) is 0 Å². The van der Waals surface area contributed by atoms with Gasteiger partial charge in [-0.05, 0) is 20.3 Å². The summed E-state index contributed by atoms with van der Waals surface area (Å²) in [5.74, 6) is 1.97. The Bertz CT molecular complexity index is 607. The number of aromatic nitrogens is 2. The number of hydrogen-bond donors (Lipinski definition) is 2. The topological polar surface area (TPSA) is 84.5 Å². The molecule has 1 aromatic heterocycles. The molecule has 0 aliphatic carbocycles. The minimum atomic E-state index is -0.659. The Hall–Kier alpha value is -1.84. The number of aryl methyl sites for hydroxylation is 2. The molecule has 2 atom stereocenters. The maximum Gasteiger partial charge on any atom is 0.331 e. The second-order valence-corrected chi connectivity index (χ2v) is 4.86. The van der Waals surface area contributed by atoms with Gasteiger partial charge in [-0.25, -0.2) is 9.36 Å². The number of hydrogen-bond acceptors (Lipinski definition) is 4. The van der Waals surface area contributed by atoms with Gasteiger partial charge in [0.05, 0.1) is 12.6 Å². The molecule has 20 heavy (non-hydrogen) atoms. The maximum atomic E-state index is 12.1. The van der Waals surface area contributed by atoms with Crippen molar-refractivity contribution in [2.24, 2.45) is 5.92 Å². The molecule has 0 aliphatic heterocycles. The van der Waals surface area contributed by atoms with E-state index in [1.165, 1.54) is 10.8 Å². The van der Waals surface area contributed by atoms with Crippen molar-refractivity contribution in [3.8, 4) is 12.3 Å². The zero-order valence-corrected chi connectivity index (χ0v) is 11.7. The number of aliphatic hydroxyl groups excluding tert-OH is 2. The fourth-order valence-corrected chi connectivity index (χ4v) is 1.98. The molecule has 1 rings (SSSR count). The van der Waals surface area contributed by atoms with E-state index in [4.69, 9.17) is 11.5 Å². The van der Waals surface area contributed by atoms with Gasteiger partial charge < -0.3 is 14.8 Å². The minimum absolute atomic E-state index is 0.0703. The molecule has 6 nitrogen and oxygen atoms in total. The predicted octanol–water partition coefficient (Wildman–Crippen LogP) is -0.669. The fraction of sp³-hybridized carbons (Fsp3) is 0.571.